The number of aryl methyl sites for hydroxylation is 1. The van der Waals surface area contributed by atoms with Gasteiger partial charge in [0, 0.05) is 17.6 Å². The Hall–Kier alpha value is -1.00. The van der Waals surface area contributed by atoms with Gasteiger partial charge in [-0.1, -0.05) is 13.8 Å². The largest absolute Gasteiger partial charge is 0.459 e. The Bertz CT molecular complexity index is 359. The van der Waals surface area contributed by atoms with Crippen LogP contribution in [0.15, 0.2) is 16.7 Å². The van der Waals surface area contributed by atoms with Crippen LogP contribution < -0.4 is 11.1 Å². The molecule has 17 heavy (non-hydrogen) atoms. The fourth-order valence-corrected chi connectivity index (χ4v) is 1.44. The topological polar surface area (TPSA) is 68.3 Å². The van der Waals surface area contributed by atoms with Gasteiger partial charge in [-0.25, -0.2) is 0 Å². The second kappa shape index (κ2) is 6.67. The van der Waals surface area contributed by atoms with Gasteiger partial charge < -0.3 is 15.5 Å². The first-order chi connectivity index (χ1) is 7.52. The zero-order chi connectivity index (χ0) is 12.2. The van der Waals surface area contributed by atoms with Crippen molar-refractivity contribution in [2.75, 3.05) is 6.54 Å². The van der Waals surface area contributed by atoms with E-state index in [1.54, 1.807) is 6.07 Å². The van der Waals surface area contributed by atoms with Gasteiger partial charge in [0.1, 0.15) is 0 Å². The SMILES string of the molecule is CCC(N)(CC)CNC(=O)c1occc1C.Cl. The van der Waals surface area contributed by atoms with Crippen molar-refractivity contribution in [2.45, 2.75) is 39.2 Å². The number of halogens is 1. The molecule has 1 heterocycles. The first kappa shape index (κ1) is 16.0. The summed E-state index contributed by atoms with van der Waals surface area (Å²) in [5, 5.41) is 2.81. The number of hydrogen-bond donors (Lipinski definition) is 2. The highest BCUT2D eigenvalue weighted by Crippen LogP contribution is 2.11. The van der Waals surface area contributed by atoms with E-state index in [0.29, 0.717) is 12.3 Å². The summed E-state index contributed by atoms with van der Waals surface area (Å²) < 4.78 is 5.11. The van der Waals surface area contributed by atoms with Crippen LogP contribution in [0.1, 0.15) is 42.8 Å². The van der Waals surface area contributed by atoms with Gasteiger partial charge in [0.05, 0.1) is 6.26 Å². The zero-order valence-electron chi connectivity index (χ0n) is 10.6. The van der Waals surface area contributed by atoms with Crippen molar-refractivity contribution in [1.29, 1.82) is 0 Å². The lowest BCUT2D eigenvalue weighted by Crippen LogP contribution is -2.49. The van der Waals surface area contributed by atoms with E-state index in [0.717, 1.165) is 18.4 Å². The van der Waals surface area contributed by atoms with Crippen molar-refractivity contribution in [2.24, 2.45) is 5.73 Å². The molecule has 0 radical (unpaired) electrons. The minimum Gasteiger partial charge on any atom is -0.459 e. The van der Waals surface area contributed by atoms with Crippen LogP contribution in [0.5, 0.6) is 0 Å². The molecule has 98 valence electrons. The monoisotopic (exact) mass is 260 g/mol. The summed E-state index contributed by atoms with van der Waals surface area (Å²) in [6.07, 6.45) is 3.18. The molecular formula is C12H21ClN2O2. The van der Waals surface area contributed by atoms with Gasteiger partial charge in [-0.3, -0.25) is 4.79 Å². The molecule has 0 saturated heterocycles. The molecule has 0 unspecified atom stereocenters. The van der Waals surface area contributed by atoms with Crippen LogP contribution in [0.2, 0.25) is 0 Å². The highest BCUT2D eigenvalue weighted by molar-refractivity contribution is 5.92. The fraction of sp³-hybridized carbons (Fsp3) is 0.583. The van der Waals surface area contributed by atoms with Crippen molar-refractivity contribution < 1.29 is 9.21 Å². The fourth-order valence-electron chi connectivity index (χ4n) is 1.44. The Morgan fingerprint density at radius 3 is 2.47 bits per heavy atom. The molecule has 3 N–H and O–H groups in total. The van der Waals surface area contributed by atoms with Crippen LogP contribution in [0.4, 0.5) is 0 Å². The number of carbonyl (C=O) groups excluding carboxylic acids is 1. The Labute approximate surface area is 108 Å². The third-order valence-electron chi connectivity index (χ3n) is 3.08. The summed E-state index contributed by atoms with van der Waals surface area (Å²) in [6.45, 7) is 6.36. The molecule has 0 fully saturated rings. The molecular weight excluding hydrogens is 240 g/mol. The summed E-state index contributed by atoms with van der Waals surface area (Å²) in [4.78, 5) is 11.7. The summed E-state index contributed by atoms with van der Waals surface area (Å²) in [5.74, 6) is 0.175. The molecule has 0 atom stereocenters. The molecule has 5 heteroatoms. The van der Waals surface area contributed by atoms with Crippen LogP contribution in [-0.2, 0) is 0 Å². The zero-order valence-corrected chi connectivity index (χ0v) is 11.4. The van der Waals surface area contributed by atoms with Crippen molar-refractivity contribution in [3.05, 3.63) is 23.7 Å². The van der Waals surface area contributed by atoms with Gasteiger partial charge in [0.15, 0.2) is 5.76 Å². The van der Waals surface area contributed by atoms with Gasteiger partial charge in [0.2, 0.25) is 0 Å². The quantitative estimate of drug-likeness (QED) is 0.853. The van der Waals surface area contributed by atoms with Gasteiger partial charge in [-0.05, 0) is 25.8 Å². The molecule has 4 nitrogen and oxygen atoms in total. The van der Waals surface area contributed by atoms with E-state index < -0.39 is 0 Å². The van der Waals surface area contributed by atoms with Crippen LogP contribution in [-0.4, -0.2) is 18.0 Å². The first-order valence-corrected chi connectivity index (χ1v) is 5.63. The van der Waals surface area contributed by atoms with E-state index in [1.165, 1.54) is 6.26 Å². The molecule has 0 aromatic carbocycles. The molecule has 1 aromatic rings. The van der Waals surface area contributed by atoms with Gasteiger partial charge in [-0.15, -0.1) is 12.4 Å². The summed E-state index contributed by atoms with van der Waals surface area (Å²) in [7, 11) is 0. The third kappa shape index (κ3) is 4.06. The van der Waals surface area contributed by atoms with E-state index in [9.17, 15) is 4.79 Å². The first-order valence-electron chi connectivity index (χ1n) is 5.63. The Balaban J connectivity index is 0.00000256. The highest BCUT2D eigenvalue weighted by Gasteiger charge is 2.22. The number of nitrogens with two attached hydrogens (primary N) is 1. The van der Waals surface area contributed by atoms with Gasteiger partial charge in [-0.2, -0.15) is 0 Å². The molecule has 0 aliphatic rings. The molecule has 0 bridgehead atoms. The van der Waals surface area contributed by atoms with Crippen LogP contribution in [0, 0.1) is 6.92 Å². The van der Waals surface area contributed by atoms with Crippen molar-refractivity contribution in [3.63, 3.8) is 0 Å². The second-order valence-corrected chi connectivity index (χ2v) is 4.18. The maximum absolute atomic E-state index is 11.7. The molecule has 0 aliphatic carbocycles. The summed E-state index contributed by atoms with van der Waals surface area (Å²) >= 11 is 0. The number of nitrogens with one attached hydrogen (secondary N) is 1. The van der Waals surface area contributed by atoms with Crippen LogP contribution in [0.25, 0.3) is 0 Å². The van der Waals surface area contributed by atoms with E-state index in [1.807, 2.05) is 20.8 Å². The van der Waals surface area contributed by atoms with E-state index in [4.69, 9.17) is 10.2 Å². The molecule has 0 saturated carbocycles. The molecule has 0 aliphatic heterocycles. The maximum atomic E-state index is 11.7. The number of amides is 1. The van der Waals surface area contributed by atoms with Crippen molar-refractivity contribution in [1.82, 2.24) is 5.32 Å². The summed E-state index contributed by atoms with van der Waals surface area (Å²) in [6, 6.07) is 1.77. The Morgan fingerprint density at radius 1 is 1.47 bits per heavy atom. The lowest BCUT2D eigenvalue weighted by molar-refractivity contribution is 0.0913. The number of rotatable bonds is 5. The number of hydrogen-bond acceptors (Lipinski definition) is 3. The second-order valence-electron chi connectivity index (χ2n) is 4.18. The third-order valence-corrected chi connectivity index (χ3v) is 3.08. The van der Waals surface area contributed by atoms with Crippen LogP contribution >= 0.6 is 12.4 Å². The normalized spacial score (nSPS) is 10.8. The van der Waals surface area contributed by atoms with Crippen LogP contribution in [0.3, 0.4) is 0 Å². The van der Waals surface area contributed by atoms with Gasteiger partial charge >= 0.3 is 0 Å². The predicted octanol–water partition coefficient (Wildman–Crippen LogP) is 2.26. The lowest BCUT2D eigenvalue weighted by atomic mass is 9.94. The lowest BCUT2D eigenvalue weighted by Gasteiger charge is -2.26. The smallest absolute Gasteiger partial charge is 0.287 e. The Kier molecular flexibility index (Phi) is 6.27. The predicted molar refractivity (Wildman–Crippen MR) is 70.5 cm³/mol. The minimum absolute atomic E-state index is 0. The maximum Gasteiger partial charge on any atom is 0.287 e. The molecule has 1 amide bonds. The molecule has 1 rings (SSSR count). The average molecular weight is 261 g/mol. The number of furan rings is 1. The van der Waals surface area contributed by atoms with E-state index in [-0.39, 0.29) is 23.9 Å². The molecule has 1 aromatic heterocycles. The van der Waals surface area contributed by atoms with E-state index in [2.05, 4.69) is 5.32 Å². The summed E-state index contributed by atoms with van der Waals surface area (Å²) in [5.41, 5.74) is 6.61. The average Bonchev–Trinajstić information content (AvgIpc) is 2.72. The standard InChI is InChI=1S/C12H20N2O2.ClH/c1-4-12(13,5-2)8-14-11(15)10-9(3)6-7-16-10;/h6-7H,4-5,8,13H2,1-3H3,(H,14,15);1H. The van der Waals surface area contributed by atoms with Crippen molar-refractivity contribution in [3.8, 4) is 0 Å². The minimum atomic E-state index is -0.323. The highest BCUT2D eigenvalue weighted by atomic mass is 35.5. The Morgan fingerprint density at radius 2 is 2.06 bits per heavy atom. The number of carbonyl (C=O) groups is 1. The van der Waals surface area contributed by atoms with Gasteiger partial charge in [0.25, 0.3) is 5.91 Å². The molecule has 0 spiro atoms. The van der Waals surface area contributed by atoms with E-state index >= 15 is 0 Å². The van der Waals surface area contributed by atoms with Crippen molar-refractivity contribution >= 4 is 18.3 Å².